The van der Waals surface area contributed by atoms with Crippen LogP contribution in [0.4, 0.5) is 0 Å². The fourth-order valence-electron chi connectivity index (χ4n) is 5.10. The Bertz CT molecular complexity index is 2000. The molecule has 16 nitrogen and oxygen atoms in total. The molecule has 0 spiro atoms. The number of benzene rings is 4. The van der Waals surface area contributed by atoms with Crippen molar-refractivity contribution in [2.45, 2.75) is 40.3 Å². The molecule has 2 N–H and O–H groups in total. The summed E-state index contributed by atoms with van der Waals surface area (Å²) in [7, 11) is 0. The van der Waals surface area contributed by atoms with Crippen molar-refractivity contribution < 1.29 is 76.9 Å². The van der Waals surface area contributed by atoms with Crippen molar-refractivity contribution in [1.29, 1.82) is 0 Å². The first-order valence-corrected chi connectivity index (χ1v) is 17.2. The number of carbonyl (C=O) groups excluding carboxylic acids is 6. The average Bonchev–Trinajstić information content (AvgIpc) is 3.16. The molecule has 2 atom stereocenters. The second kappa shape index (κ2) is 20.3. The maximum Gasteiger partial charge on any atom is 0.341 e. The van der Waals surface area contributed by atoms with Gasteiger partial charge in [0.15, 0.2) is 12.6 Å². The van der Waals surface area contributed by atoms with E-state index in [9.17, 15) is 39.0 Å². The van der Waals surface area contributed by atoms with E-state index in [4.69, 9.17) is 37.9 Å². The second-order valence-electron chi connectivity index (χ2n) is 12.4. The minimum Gasteiger partial charge on any atom is -0.465 e. The van der Waals surface area contributed by atoms with Crippen LogP contribution in [0.2, 0.25) is 0 Å². The molecule has 2 unspecified atom stereocenters. The van der Waals surface area contributed by atoms with E-state index in [1.54, 1.807) is 18.2 Å². The minimum atomic E-state index is -1.84. The molecular weight excluding hydrogens is 748 g/mol. The number of carbonyl (C=O) groups is 6. The zero-order valence-electron chi connectivity index (χ0n) is 31.3. The molecule has 0 bridgehead atoms. The number of rotatable bonds is 18. The molecule has 0 aromatic heterocycles. The third-order valence-electron chi connectivity index (χ3n) is 7.64. The van der Waals surface area contributed by atoms with Crippen LogP contribution in [-0.4, -0.2) is 78.7 Å². The van der Waals surface area contributed by atoms with E-state index in [-0.39, 0.29) is 45.3 Å². The van der Waals surface area contributed by atoms with Gasteiger partial charge < -0.3 is 48.1 Å². The summed E-state index contributed by atoms with van der Waals surface area (Å²) >= 11 is 0. The molecule has 0 saturated heterocycles. The molecule has 0 radical (unpaired) electrons. The van der Waals surface area contributed by atoms with Crippen molar-refractivity contribution >= 4 is 35.8 Å². The van der Waals surface area contributed by atoms with Gasteiger partial charge in [0.25, 0.3) is 0 Å². The molecule has 16 heteroatoms. The SMILES string of the molecule is CC(=O)Oc1ccccc1C(=O)OCC(COC(=O)c1ccccc1OC(C)=O)(COC(=O)c1ccccc1OC(C)O)COC(O)c1ccccc1OC(C)=O. The molecule has 4 rings (SSSR count). The van der Waals surface area contributed by atoms with Gasteiger partial charge in [-0.05, 0) is 49.4 Å². The second-order valence-corrected chi connectivity index (χ2v) is 12.4. The predicted molar refractivity (Wildman–Crippen MR) is 196 cm³/mol. The predicted octanol–water partition coefficient (Wildman–Crippen LogP) is 4.74. The van der Waals surface area contributed by atoms with E-state index in [1.165, 1.54) is 85.8 Å². The van der Waals surface area contributed by atoms with Gasteiger partial charge in [-0.1, -0.05) is 54.6 Å². The highest BCUT2D eigenvalue weighted by Gasteiger charge is 2.39. The van der Waals surface area contributed by atoms with E-state index in [2.05, 4.69) is 0 Å². The van der Waals surface area contributed by atoms with Gasteiger partial charge in [-0.25, -0.2) is 14.4 Å². The zero-order chi connectivity index (χ0) is 41.5. The van der Waals surface area contributed by atoms with Crippen LogP contribution in [0.3, 0.4) is 0 Å². The van der Waals surface area contributed by atoms with Gasteiger partial charge in [0, 0.05) is 20.8 Å². The minimum absolute atomic E-state index is 0.0161. The van der Waals surface area contributed by atoms with Crippen LogP contribution in [0.1, 0.15) is 70.6 Å². The molecule has 4 aromatic carbocycles. The average molecular weight is 789 g/mol. The van der Waals surface area contributed by atoms with E-state index in [0.29, 0.717) is 0 Å². The molecule has 0 amide bonds. The number of para-hydroxylation sites is 4. The fraction of sp³-hybridized carbons (Fsp3) is 0.268. The Balaban J connectivity index is 1.74. The summed E-state index contributed by atoms with van der Waals surface area (Å²) in [6.07, 6.45) is -3.11. The smallest absolute Gasteiger partial charge is 0.341 e. The Morgan fingerprint density at radius 1 is 0.509 bits per heavy atom. The van der Waals surface area contributed by atoms with Crippen LogP contribution in [-0.2, 0) is 33.3 Å². The van der Waals surface area contributed by atoms with Gasteiger partial charge in [-0.2, -0.15) is 0 Å². The van der Waals surface area contributed by atoms with E-state index < -0.39 is 80.2 Å². The quantitative estimate of drug-likeness (QED) is 0.0602. The summed E-state index contributed by atoms with van der Waals surface area (Å²) in [5, 5.41) is 21.1. The van der Waals surface area contributed by atoms with Crippen LogP contribution in [0.15, 0.2) is 97.1 Å². The molecule has 57 heavy (non-hydrogen) atoms. The van der Waals surface area contributed by atoms with Crippen molar-refractivity contribution in [2.24, 2.45) is 5.41 Å². The van der Waals surface area contributed by atoms with E-state index in [0.717, 1.165) is 20.8 Å². The lowest BCUT2D eigenvalue weighted by molar-refractivity contribution is -0.155. The van der Waals surface area contributed by atoms with Crippen LogP contribution >= 0.6 is 0 Å². The molecule has 0 aliphatic heterocycles. The van der Waals surface area contributed by atoms with E-state index in [1.807, 2.05) is 0 Å². The Morgan fingerprint density at radius 2 is 0.860 bits per heavy atom. The van der Waals surface area contributed by atoms with E-state index >= 15 is 0 Å². The molecule has 0 aliphatic carbocycles. The largest absolute Gasteiger partial charge is 0.465 e. The Hall–Kier alpha value is -6.62. The van der Waals surface area contributed by atoms with Gasteiger partial charge >= 0.3 is 35.8 Å². The van der Waals surface area contributed by atoms with Crippen LogP contribution in [0, 0.1) is 5.41 Å². The third kappa shape index (κ3) is 12.7. The number of ether oxygens (including phenoxy) is 8. The first-order valence-electron chi connectivity index (χ1n) is 17.2. The number of esters is 6. The monoisotopic (exact) mass is 788 g/mol. The highest BCUT2D eigenvalue weighted by Crippen LogP contribution is 2.32. The molecule has 0 aliphatic rings. The standard InChI is InChI=1S/C41H40O16/c1-25(42)54-33-17-9-5-13-29(33)37(46)50-21-41(22-51-38(47)30-14-6-10-18-34(30)55-26(2)43,23-52-39(48)31-15-7-11-19-35(31)56-27(3)44)24-53-40(49)32-16-8-12-20-36(32)57-28(4)45/h5-20,25,38,42,47H,21-24H2,1-4H3. The Labute approximate surface area is 326 Å². The number of hydrogen-bond acceptors (Lipinski definition) is 16. The fourth-order valence-corrected chi connectivity index (χ4v) is 5.10. The van der Waals surface area contributed by atoms with Gasteiger partial charge in [0.2, 0.25) is 0 Å². The molecule has 4 aromatic rings. The van der Waals surface area contributed by atoms with Crippen molar-refractivity contribution in [3.63, 3.8) is 0 Å². The summed E-state index contributed by atoms with van der Waals surface area (Å²) in [6, 6.07) is 23.2. The lowest BCUT2D eigenvalue weighted by Crippen LogP contribution is -2.44. The summed E-state index contributed by atoms with van der Waals surface area (Å²) in [6.45, 7) is 1.94. The van der Waals surface area contributed by atoms with Gasteiger partial charge in [0.05, 0.1) is 17.6 Å². The number of hydrogen-bond donors (Lipinski definition) is 2. The van der Waals surface area contributed by atoms with Gasteiger partial charge in [0.1, 0.15) is 59.5 Å². The lowest BCUT2D eigenvalue weighted by atomic mass is 9.91. The molecule has 0 heterocycles. The molecular formula is C41H40O16. The normalized spacial score (nSPS) is 12.0. The highest BCUT2D eigenvalue weighted by atomic mass is 16.6. The van der Waals surface area contributed by atoms with Crippen molar-refractivity contribution in [1.82, 2.24) is 0 Å². The van der Waals surface area contributed by atoms with Crippen molar-refractivity contribution in [2.75, 3.05) is 26.4 Å². The van der Waals surface area contributed by atoms with Gasteiger partial charge in [-0.3, -0.25) is 14.4 Å². The first kappa shape index (κ1) is 43.1. The first-order chi connectivity index (χ1) is 27.2. The zero-order valence-corrected chi connectivity index (χ0v) is 31.3. The van der Waals surface area contributed by atoms with Crippen LogP contribution in [0.25, 0.3) is 0 Å². The third-order valence-corrected chi connectivity index (χ3v) is 7.64. The summed E-state index contributed by atoms with van der Waals surface area (Å²) in [5.74, 6) is -5.41. The molecule has 0 fully saturated rings. The summed E-state index contributed by atoms with van der Waals surface area (Å²) in [4.78, 5) is 76.0. The lowest BCUT2D eigenvalue weighted by Gasteiger charge is -2.33. The Morgan fingerprint density at radius 3 is 1.28 bits per heavy atom. The Kier molecular flexibility index (Phi) is 15.4. The van der Waals surface area contributed by atoms with Crippen LogP contribution in [0.5, 0.6) is 23.0 Å². The van der Waals surface area contributed by atoms with Crippen molar-refractivity contribution in [3.8, 4) is 23.0 Å². The number of aliphatic hydroxyl groups is 2. The maximum atomic E-state index is 13.6. The maximum absolute atomic E-state index is 13.6. The highest BCUT2D eigenvalue weighted by molar-refractivity contribution is 5.94. The number of aliphatic hydroxyl groups excluding tert-OH is 2. The van der Waals surface area contributed by atoms with Gasteiger partial charge in [-0.15, -0.1) is 0 Å². The van der Waals surface area contributed by atoms with Crippen LogP contribution < -0.4 is 18.9 Å². The van der Waals surface area contributed by atoms with Crippen molar-refractivity contribution in [3.05, 3.63) is 119 Å². The molecule has 0 saturated carbocycles. The molecule has 300 valence electrons. The summed E-state index contributed by atoms with van der Waals surface area (Å²) in [5.41, 5.74) is -2.26. The topological polar surface area (TPSA) is 217 Å². The summed E-state index contributed by atoms with van der Waals surface area (Å²) < 4.78 is 43.8.